The van der Waals surface area contributed by atoms with Crippen LogP contribution in [-0.2, 0) is 15.0 Å². The van der Waals surface area contributed by atoms with Crippen LogP contribution in [0.4, 0.5) is 11.4 Å². The molecule has 2 unspecified atom stereocenters. The summed E-state index contributed by atoms with van der Waals surface area (Å²) in [6.07, 6.45) is 0. The fourth-order valence-corrected chi connectivity index (χ4v) is 3.75. The van der Waals surface area contributed by atoms with Gasteiger partial charge in [-0.25, -0.2) is 4.79 Å². The highest BCUT2D eigenvalue weighted by molar-refractivity contribution is 6.19. The summed E-state index contributed by atoms with van der Waals surface area (Å²) in [5, 5.41) is 28.5. The molecule has 0 radical (unpaired) electrons. The van der Waals surface area contributed by atoms with E-state index in [1.807, 2.05) is 24.3 Å². The number of hydrazone groups is 2. The molecule has 2 atom stereocenters. The fourth-order valence-electron chi connectivity index (χ4n) is 3.75. The van der Waals surface area contributed by atoms with Crippen molar-refractivity contribution in [1.82, 2.24) is 0 Å². The van der Waals surface area contributed by atoms with Gasteiger partial charge in [-0.1, -0.05) is 39.0 Å². The van der Waals surface area contributed by atoms with E-state index in [-0.39, 0.29) is 16.9 Å². The molecule has 10 heteroatoms. The van der Waals surface area contributed by atoms with Crippen LogP contribution in [0, 0.1) is 0 Å². The van der Waals surface area contributed by atoms with E-state index < -0.39 is 24.0 Å². The van der Waals surface area contributed by atoms with Gasteiger partial charge in [0.1, 0.15) is 0 Å². The van der Waals surface area contributed by atoms with E-state index >= 15 is 0 Å². The number of carboxylic acids is 1. The summed E-state index contributed by atoms with van der Waals surface area (Å²) in [6.45, 7) is 9.65. The topological polar surface area (TPSA) is 127 Å². The maximum Gasteiger partial charge on any atom is 0.335 e. The Morgan fingerprint density at radius 1 is 0.857 bits per heavy atom. The van der Waals surface area contributed by atoms with Gasteiger partial charge in [0, 0.05) is 0 Å². The lowest BCUT2D eigenvalue weighted by atomic mass is 9.87. The lowest BCUT2D eigenvalue weighted by Crippen LogP contribution is -2.32. The molecule has 0 bridgehead atoms. The van der Waals surface area contributed by atoms with E-state index in [4.69, 9.17) is 0 Å². The molecule has 0 aliphatic carbocycles. The summed E-state index contributed by atoms with van der Waals surface area (Å²) in [6, 6.07) is 11.6. The van der Waals surface area contributed by atoms with Crippen LogP contribution in [0.5, 0.6) is 0 Å². The van der Waals surface area contributed by atoms with Crippen LogP contribution in [0.1, 0.15) is 50.5 Å². The quantitative estimate of drug-likeness (QED) is 0.657. The van der Waals surface area contributed by atoms with E-state index in [0.29, 0.717) is 22.8 Å². The highest BCUT2D eigenvalue weighted by Gasteiger charge is 2.38. The summed E-state index contributed by atoms with van der Waals surface area (Å²) >= 11 is 0. The Labute approximate surface area is 202 Å². The molecule has 2 aliphatic heterocycles. The van der Waals surface area contributed by atoms with Crippen LogP contribution in [0.2, 0.25) is 0 Å². The smallest absolute Gasteiger partial charge is 0.335 e. The monoisotopic (exact) mass is 474 g/mol. The molecule has 4 rings (SSSR count). The lowest BCUT2D eigenvalue weighted by molar-refractivity contribution is -0.119. The second-order valence-corrected chi connectivity index (χ2v) is 9.47. The summed E-state index contributed by atoms with van der Waals surface area (Å²) in [4.78, 5) is 37.2. The van der Waals surface area contributed by atoms with Gasteiger partial charge in [-0.05, 0) is 55.2 Å². The maximum atomic E-state index is 13.0. The molecule has 2 aromatic rings. The number of carbonyl (C=O) groups excluding carboxylic acids is 2. The number of anilines is 2. The van der Waals surface area contributed by atoms with Gasteiger partial charge in [0.15, 0.2) is 12.1 Å². The molecule has 0 saturated carbocycles. The van der Waals surface area contributed by atoms with Crippen LogP contribution in [0.3, 0.4) is 0 Å². The molecule has 0 fully saturated rings. The summed E-state index contributed by atoms with van der Waals surface area (Å²) < 4.78 is 0. The van der Waals surface area contributed by atoms with Gasteiger partial charge in [-0.2, -0.15) is 30.4 Å². The molecule has 0 saturated heterocycles. The van der Waals surface area contributed by atoms with Crippen molar-refractivity contribution in [2.24, 2.45) is 20.4 Å². The normalized spacial score (nSPS) is 20.6. The van der Waals surface area contributed by atoms with Crippen molar-refractivity contribution in [2.45, 2.75) is 52.1 Å². The Morgan fingerprint density at radius 2 is 1.37 bits per heavy atom. The zero-order chi connectivity index (χ0) is 25.5. The molecule has 2 aliphatic rings. The molecule has 35 heavy (non-hydrogen) atoms. The average Bonchev–Trinajstić information content (AvgIpc) is 3.26. The summed E-state index contributed by atoms with van der Waals surface area (Å²) in [7, 11) is 0. The third-order valence-corrected chi connectivity index (χ3v) is 5.81. The molecular weight excluding hydrogens is 448 g/mol. The third-order valence-electron chi connectivity index (χ3n) is 5.81. The highest BCUT2D eigenvalue weighted by atomic mass is 16.4. The van der Waals surface area contributed by atoms with E-state index in [0.717, 1.165) is 10.6 Å². The zero-order valence-electron chi connectivity index (χ0n) is 20.1. The Hall–Kier alpha value is -4.21. The van der Waals surface area contributed by atoms with Crippen molar-refractivity contribution < 1.29 is 19.5 Å². The van der Waals surface area contributed by atoms with E-state index in [1.54, 1.807) is 19.9 Å². The van der Waals surface area contributed by atoms with Crippen molar-refractivity contribution in [3.8, 4) is 0 Å². The van der Waals surface area contributed by atoms with Gasteiger partial charge in [-0.15, -0.1) is 0 Å². The number of benzene rings is 2. The number of hydrogen-bond donors (Lipinski definition) is 1. The molecule has 10 nitrogen and oxygen atoms in total. The Balaban J connectivity index is 1.50. The molecule has 2 aromatic carbocycles. The first-order valence-corrected chi connectivity index (χ1v) is 11.1. The van der Waals surface area contributed by atoms with Crippen molar-refractivity contribution in [3.63, 3.8) is 0 Å². The summed E-state index contributed by atoms with van der Waals surface area (Å²) in [5.41, 5.74) is 2.94. The van der Waals surface area contributed by atoms with Crippen molar-refractivity contribution in [2.75, 3.05) is 10.0 Å². The van der Waals surface area contributed by atoms with Gasteiger partial charge >= 0.3 is 5.97 Å². The fraction of sp³-hybridized carbons (Fsp3) is 0.320. The maximum absolute atomic E-state index is 13.0. The van der Waals surface area contributed by atoms with Crippen LogP contribution < -0.4 is 10.0 Å². The third kappa shape index (κ3) is 4.59. The first-order chi connectivity index (χ1) is 16.5. The van der Waals surface area contributed by atoms with E-state index in [2.05, 4.69) is 41.2 Å². The molecule has 1 N–H and O–H groups in total. The molecular formula is C25H26N6O4. The standard InChI is InChI=1S/C25H26N6O4/c1-14-20(22(32)30(28-14)18-11-9-17(10-12-18)25(3,4)5)26-27-21-15(2)29-31(23(21)33)19-8-6-7-16(13-19)24(34)35/h6-13,20-21H,1-5H3,(H,34,35). The summed E-state index contributed by atoms with van der Waals surface area (Å²) in [5.74, 6) is -1.95. The molecule has 0 aromatic heterocycles. The minimum Gasteiger partial charge on any atom is -0.478 e. The van der Waals surface area contributed by atoms with Gasteiger partial charge in [-0.3, -0.25) is 9.59 Å². The molecule has 180 valence electrons. The highest BCUT2D eigenvalue weighted by Crippen LogP contribution is 2.28. The number of carboxylic acid groups (broad SMARTS) is 1. The Morgan fingerprint density at radius 3 is 1.86 bits per heavy atom. The van der Waals surface area contributed by atoms with Crippen molar-refractivity contribution in [3.05, 3.63) is 59.7 Å². The van der Waals surface area contributed by atoms with Gasteiger partial charge in [0.25, 0.3) is 11.8 Å². The number of azo groups is 1. The predicted molar refractivity (Wildman–Crippen MR) is 132 cm³/mol. The first-order valence-electron chi connectivity index (χ1n) is 11.1. The minimum atomic E-state index is -1.11. The Bertz CT molecular complexity index is 1290. The molecule has 2 amide bonds. The predicted octanol–water partition coefficient (Wildman–Crippen LogP) is 4.02. The van der Waals surface area contributed by atoms with Gasteiger partial charge < -0.3 is 5.11 Å². The number of nitrogens with zero attached hydrogens (tertiary/aromatic N) is 6. The van der Waals surface area contributed by atoms with Gasteiger partial charge in [0.05, 0.1) is 28.4 Å². The van der Waals surface area contributed by atoms with Crippen LogP contribution in [0.25, 0.3) is 0 Å². The molecule has 2 heterocycles. The van der Waals surface area contributed by atoms with Crippen LogP contribution in [0.15, 0.2) is 69.0 Å². The Kier molecular flexibility index (Phi) is 6.06. The SMILES string of the molecule is CC1=NN(c2ccc(C(C)(C)C)cc2)C(=O)C1N=NC1C(=O)N(c2cccc(C(=O)O)c2)N=C1C. The zero-order valence-corrected chi connectivity index (χ0v) is 20.1. The minimum absolute atomic E-state index is 0.0143. The molecule has 0 spiro atoms. The number of aromatic carboxylic acids is 1. The number of carbonyl (C=O) groups is 3. The number of amides is 2. The van der Waals surface area contributed by atoms with E-state index in [1.165, 1.54) is 23.2 Å². The first kappa shape index (κ1) is 23.9. The second kappa shape index (κ2) is 8.86. The average molecular weight is 475 g/mol. The van der Waals surface area contributed by atoms with Crippen LogP contribution >= 0.6 is 0 Å². The van der Waals surface area contributed by atoms with Crippen molar-refractivity contribution in [1.29, 1.82) is 0 Å². The number of hydrogen-bond acceptors (Lipinski definition) is 7. The largest absolute Gasteiger partial charge is 0.478 e. The van der Waals surface area contributed by atoms with Gasteiger partial charge in [0.2, 0.25) is 0 Å². The van der Waals surface area contributed by atoms with E-state index in [9.17, 15) is 19.5 Å². The van der Waals surface area contributed by atoms with Crippen molar-refractivity contribution >= 4 is 40.6 Å². The van der Waals surface area contributed by atoms with Crippen LogP contribution in [-0.4, -0.2) is 46.4 Å². The number of rotatable bonds is 5. The lowest BCUT2D eigenvalue weighted by Gasteiger charge is -2.20. The second-order valence-electron chi connectivity index (χ2n) is 9.47.